The van der Waals surface area contributed by atoms with E-state index in [0.717, 1.165) is 5.56 Å². The third-order valence-electron chi connectivity index (χ3n) is 1.91. The molecule has 70 valence electrons. The molecule has 0 atom stereocenters. The number of carbonyl (C=O) groups excluding carboxylic acids is 1. The molecular formula is C9H10ClNO2. The number of fused-ring (bicyclic) bond motifs is 1. The van der Waals surface area contributed by atoms with Crippen molar-refractivity contribution in [1.29, 1.82) is 0 Å². The lowest BCUT2D eigenvalue weighted by molar-refractivity contribution is 0.0882. The SMILES string of the molecule is Cc1cccc2c1OCNC2=O.Cl. The van der Waals surface area contributed by atoms with Gasteiger partial charge in [0, 0.05) is 0 Å². The largest absolute Gasteiger partial charge is 0.472 e. The van der Waals surface area contributed by atoms with Crippen LogP contribution in [0, 0.1) is 6.92 Å². The van der Waals surface area contributed by atoms with Gasteiger partial charge in [-0.3, -0.25) is 4.79 Å². The van der Waals surface area contributed by atoms with E-state index < -0.39 is 0 Å². The van der Waals surface area contributed by atoms with Gasteiger partial charge in [-0.25, -0.2) is 0 Å². The number of aryl methyl sites for hydroxylation is 1. The van der Waals surface area contributed by atoms with Crippen molar-refractivity contribution >= 4 is 18.3 Å². The molecule has 0 saturated carbocycles. The third-order valence-corrected chi connectivity index (χ3v) is 1.91. The van der Waals surface area contributed by atoms with Crippen LogP contribution < -0.4 is 10.1 Å². The maximum Gasteiger partial charge on any atom is 0.257 e. The van der Waals surface area contributed by atoms with Gasteiger partial charge in [0.15, 0.2) is 6.73 Å². The Kier molecular flexibility index (Phi) is 2.78. The van der Waals surface area contributed by atoms with Gasteiger partial charge < -0.3 is 10.1 Å². The second kappa shape index (κ2) is 3.66. The van der Waals surface area contributed by atoms with E-state index in [4.69, 9.17) is 4.74 Å². The summed E-state index contributed by atoms with van der Waals surface area (Å²) >= 11 is 0. The fraction of sp³-hybridized carbons (Fsp3) is 0.222. The molecule has 0 unspecified atom stereocenters. The quantitative estimate of drug-likeness (QED) is 0.688. The molecule has 1 aromatic carbocycles. The van der Waals surface area contributed by atoms with Crippen LogP contribution in [0.2, 0.25) is 0 Å². The molecule has 13 heavy (non-hydrogen) atoms. The summed E-state index contributed by atoms with van der Waals surface area (Å²) in [6, 6.07) is 5.54. The molecule has 1 aliphatic heterocycles. The maximum absolute atomic E-state index is 11.2. The molecule has 0 aromatic heterocycles. The molecule has 0 spiro atoms. The molecule has 1 aromatic rings. The monoisotopic (exact) mass is 199 g/mol. The number of nitrogens with one attached hydrogen (secondary N) is 1. The van der Waals surface area contributed by atoms with Gasteiger partial charge in [0.1, 0.15) is 5.75 Å². The molecule has 1 heterocycles. The Morgan fingerprint density at radius 1 is 1.46 bits per heavy atom. The second-order valence-corrected chi connectivity index (χ2v) is 2.75. The minimum Gasteiger partial charge on any atom is -0.472 e. The fourth-order valence-electron chi connectivity index (χ4n) is 1.29. The Hall–Kier alpha value is -1.22. The van der Waals surface area contributed by atoms with Crippen molar-refractivity contribution in [3.05, 3.63) is 29.3 Å². The van der Waals surface area contributed by atoms with Crippen LogP contribution in [0.5, 0.6) is 5.75 Å². The number of rotatable bonds is 0. The number of hydrogen-bond donors (Lipinski definition) is 1. The van der Waals surface area contributed by atoms with Crippen LogP contribution in [0.4, 0.5) is 0 Å². The van der Waals surface area contributed by atoms with Crippen LogP contribution in [0.15, 0.2) is 18.2 Å². The van der Waals surface area contributed by atoms with E-state index in [1.165, 1.54) is 0 Å². The second-order valence-electron chi connectivity index (χ2n) is 2.75. The van der Waals surface area contributed by atoms with Crippen LogP contribution in [0.3, 0.4) is 0 Å². The van der Waals surface area contributed by atoms with Gasteiger partial charge in [0.25, 0.3) is 5.91 Å². The van der Waals surface area contributed by atoms with Crippen molar-refractivity contribution in [1.82, 2.24) is 5.32 Å². The van der Waals surface area contributed by atoms with Gasteiger partial charge >= 0.3 is 0 Å². The van der Waals surface area contributed by atoms with E-state index >= 15 is 0 Å². The summed E-state index contributed by atoms with van der Waals surface area (Å²) in [6.07, 6.45) is 0. The highest BCUT2D eigenvalue weighted by Crippen LogP contribution is 2.24. The molecule has 1 N–H and O–H groups in total. The van der Waals surface area contributed by atoms with Crippen LogP contribution in [0.25, 0.3) is 0 Å². The number of halogens is 1. The van der Waals surface area contributed by atoms with E-state index in [-0.39, 0.29) is 25.0 Å². The normalized spacial score (nSPS) is 13.5. The zero-order valence-corrected chi connectivity index (χ0v) is 7.98. The summed E-state index contributed by atoms with van der Waals surface area (Å²) in [5, 5.41) is 2.60. The zero-order chi connectivity index (χ0) is 8.55. The number of carbonyl (C=O) groups is 1. The van der Waals surface area contributed by atoms with Gasteiger partial charge in [0.05, 0.1) is 5.56 Å². The molecule has 1 amide bonds. The first kappa shape index (κ1) is 9.86. The lowest BCUT2D eigenvalue weighted by Gasteiger charge is -2.18. The minimum absolute atomic E-state index is 0. The van der Waals surface area contributed by atoms with E-state index in [1.807, 2.05) is 19.1 Å². The standard InChI is InChI=1S/C9H9NO2.ClH/c1-6-3-2-4-7-8(6)12-5-10-9(7)11;/h2-4H,5H2,1H3,(H,10,11);1H. The zero-order valence-electron chi connectivity index (χ0n) is 7.16. The predicted octanol–water partition coefficient (Wildman–Crippen LogP) is 1.50. The Balaban J connectivity index is 0.000000845. The Morgan fingerprint density at radius 2 is 2.23 bits per heavy atom. The maximum atomic E-state index is 11.2. The topological polar surface area (TPSA) is 38.3 Å². The molecule has 0 radical (unpaired) electrons. The van der Waals surface area contributed by atoms with Gasteiger partial charge in [-0.15, -0.1) is 12.4 Å². The summed E-state index contributed by atoms with van der Waals surface area (Å²) in [4.78, 5) is 11.2. The number of ether oxygens (including phenoxy) is 1. The summed E-state index contributed by atoms with van der Waals surface area (Å²) in [5.41, 5.74) is 1.63. The van der Waals surface area contributed by atoms with Crippen molar-refractivity contribution in [2.24, 2.45) is 0 Å². The molecule has 0 bridgehead atoms. The molecule has 3 nitrogen and oxygen atoms in total. The van der Waals surface area contributed by atoms with Crippen LogP contribution in [0.1, 0.15) is 15.9 Å². The van der Waals surface area contributed by atoms with Crippen molar-refractivity contribution in [3.63, 3.8) is 0 Å². The highest BCUT2D eigenvalue weighted by molar-refractivity contribution is 5.98. The average molecular weight is 200 g/mol. The molecule has 0 aliphatic carbocycles. The number of benzene rings is 1. The van der Waals surface area contributed by atoms with Crippen LogP contribution in [-0.4, -0.2) is 12.6 Å². The summed E-state index contributed by atoms with van der Waals surface area (Å²) < 4.78 is 5.29. The Labute approximate surface area is 82.5 Å². The number of para-hydroxylation sites is 1. The lowest BCUT2D eigenvalue weighted by Crippen LogP contribution is -2.33. The van der Waals surface area contributed by atoms with E-state index in [1.54, 1.807) is 6.07 Å². The van der Waals surface area contributed by atoms with Crippen molar-refractivity contribution in [3.8, 4) is 5.75 Å². The highest BCUT2D eigenvalue weighted by Gasteiger charge is 2.18. The predicted molar refractivity (Wildman–Crippen MR) is 51.4 cm³/mol. The van der Waals surface area contributed by atoms with Gasteiger partial charge in [0.2, 0.25) is 0 Å². The summed E-state index contributed by atoms with van der Waals surface area (Å²) in [5.74, 6) is 0.654. The first-order valence-corrected chi connectivity index (χ1v) is 3.79. The fourth-order valence-corrected chi connectivity index (χ4v) is 1.29. The number of amides is 1. The van der Waals surface area contributed by atoms with Crippen LogP contribution >= 0.6 is 12.4 Å². The smallest absolute Gasteiger partial charge is 0.257 e. The summed E-state index contributed by atoms with van der Waals surface area (Å²) in [6.45, 7) is 2.20. The molecule has 1 aliphatic rings. The highest BCUT2D eigenvalue weighted by atomic mass is 35.5. The average Bonchev–Trinajstić information content (AvgIpc) is 2.07. The summed E-state index contributed by atoms with van der Waals surface area (Å²) in [7, 11) is 0. The third kappa shape index (κ3) is 1.60. The lowest BCUT2D eigenvalue weighted by atomic mass is 10.1. The van der Waals surface area contributed by atoms with Crippen LogP contribution in [-0.2, 0) is 0 Å². The van der Waals surface area contributed by atoms with Crippen molar-refractivity contribution in [2.75, 3.05) is 6.73 Å². The first-order valence-electron chi connectivity index (χ1n) is 3.79. The van der Waals surface area contributed by atoms with E-state index in [2.05, 4.69) is 5.32 Å². The van der Waals surface area contributed by atoms with E-state index in [0.29, 0.717) is 11.3 Å². The molecule has 0 saturated heterocycles. The van der Waals surface area contributed by atoms with Gasteiger partial charge in [-0.05, 0) is 18.6 Å². The molecular weight excluding hydrogens is 190 g/mol. The van der Waals surface area contributed by atoms with E-state index in [9.17, 15) is 4.79 Å². The van der Waals surface area contributed by atoms with Crippen molar-refractivity contribution < 1.29 is 9.53 Å². The molecule has 4 heteroatoms. The van der Waals surface area contributed by atoms with Crippen molar-refractivity contribution in [2.45, 2.75) is 6.92 Å². The molecule has 2 rings (SSSR count). The first-order chi connectivity index (χ1) is 5.79. The minimum atomic E-state index is -0.0556. The number of hydrogen-bond acceptors (Lipinski definition) is 2. The van der Waals surface area contributed by atoms with Gasteiger partial charge in [-0.1, -0.05) is 12.1 Å². The van der Waals surface area contributed by atoms with Gasteiger partial charge in [-0.2, -0.15) is 0 Å². The Bertz CT molecular complexity index is 338. The Morgan fingerprint density at radius 3 is 2.92 bits per heavy atom. The molecule has 0 fully saturated rings.